The maximum Gasteiger partial charge on any atom is 0.233 e. The number of pyridine rings is 1. The van der Waals surface area contributed by atoms with Gasteiger partial charge < -0.3 is 14.0 Å². The van der Waals surface area contributed by atoms with Gasteiger partial charge in [-0.05, 0) is 24.2 Å². The minimum Gasteiger partial charge on any atom is -0.471 e. The Morgan fingerprint density at radius 3 is 2.48 bits per heavy atom. The first kappa shape index (κ1) is 23.5. The molecule has 0 saturated heterocycles. The van der Waals surface area contributed by atoms with Gasteiger partial charge in [-0.15, -0.1) is 0 Å². The predicted molar refractivity (Wildman–Crippen MR) is 119 cm³/mol. The van der Waals surface area contributed by atoms with E-state index in [0.29, 0.717) is 12.1 Å². The van der Waals surface area contributed by atoms with E-state index in [1.165, 1.54) is 6.07 Å². The highest BCUT2D eigenvalue weighted by molar-refractivity contribution is 6.76. The zero-order valence-corrected chi connectivity index (χ0v) is 19.8. The van der Waals surface area contributed by atoms with Gasteiger partial charge in [0.15, 0.2) is 0 Å². The molecule has 10 heteroatoms. The predicted octanol–water partition coefficient (Wildman–Crippen LogP) is 6.38. The normalized spacial score (nSPS) is 11.7. The topological polar surface area (TPSA) is 60.1 Å². The van der Waals surface area contributed by atoms with Crippen molar-refractivity contribution < 1.29 is 18.3 Å². The highest BCUT2D eigenvalue weighted by Crippen LogP contribution is 2.34. The first-order valence-corrected chi connectivity index (χ1v) is 14.0. The van der Waals surface area contributed by atoms with Crippen LogP contribution in [0.25, 0.3) is 11.0 Å². The largest absolute Gasteiger partial charge is 0.471 e. The average Bonchev–Trinajstić information content (AvgIpc) is 2.94. The van der Waals surface area contributed by atoms with Gasteiger partial charge in [-0.2, -0.15) is 5.26 Å². The van der Waals surface area contributed by atoms with Crippen molar-refractivity contribution in [1.29, 1.82) is 5.26 Å². The van der Waals surface area contributed by atoms with Crippen LogP contribution in [-0.2, 0) is 18.1 Å². The van der Waals surface area contributed by atoms with Gasteiger partial charge in [0, 0.05) is 14.7 Å². The van der Waals surface area contributed by atoms with Gasteiger partial charge >= 0.3 is 0 Å². The maximum atomic E-state index is 13.9. The second-order valence-corrected chi connectivity index (χ2v) is 14.6. The van der Waals surface area contributed by atoms with Crippen LogP contribution in [0.2, 0.25) is 35.9 Å². The quantitative estimate of drug-likeness (QED) is 0.275. The molecule has 1 aromatic carbocycles. The highest BCUT2D eigenvalue weighted by atomic mass is 35.5. The fourth-order valence-electron chi connectivity index (χ4n) is 2.86. The number of hydrogen-bond donors (Lipinski definition) is 0. The van der Waals surface area contributed by atoms with E-state index in [4.69, 9.17) is 32.7 Å². The van der Waals surface area contributed by atoms with Crippen LogP contribution >= 0.6 is 23.2 Å². The molecule has 0 spiro atoms. The van der Waals surface area contributed by atoms with Crippen molar-refractivity contribution in [3.8, 4) is 11.9 Å². The van der Waals surface area contributed by atoms with Gasteiger partial charge in [0.05, 0.1) is 11.1 Å². The minimum absolute atomic E-state index is 0.0539. The summed E-state index contributed by atoms with van der Waals surface area (Å²) in [4.78, 5) is 4.29. The van der Waals surface area contributed by atoms with Crippen LogP contribution in [0.4, 0.5) is 8.78 Å². The number of halogens is 4. The van der Waals surface area contributed by atoms with Crippen molar-refractivity contribution in [2.45, 2.75) is 39.0 Å². The Morgan fingerprint density at radius 2 is 1.87 bits per heavy atom. The number of benzene rings is 1. The summed E-state index contributed by atoms with van der Waals surface area (Å²) < 4.78 is 40.5. The number of fused-ring (bicyclic) bond motifs is 1. The van der Waals surface area contributed by atoms with E-state index in [9.17, 15) is 14.0 Å². The van der Waals surface area contributed by atoms with E-state index in [-0.39, 0.29) is 39.4 Å². The highest BCUT2D eigenvalue weighted by Gasteiger charge is 2.21. The molecule has 0 unspecified atom stereocenters. The molecule has 0 aliphatic rings. The monoisotopic (exact) mass is 483 g/mol. The van der Waals surface area contributed by atoms with Crippen LogP contribution in [0.15, 0.2) is 24.3 Å². The van der Waals surface area contributed by atoms with E-state index in [2.05, 4.69) is 24.6 Å². The number of nitriles is 1. The van der Waals surface area contributed by atoms with Crippen molar-refractivity contribution in [3.05, 3.63) is 57.2 Å². The zero-order valence-electron chi connectivity index (χ0n) is 17.3. The van der Waals surface area contributed by atoms with E-state index < -0.39 is 26.3 Å². The van der Waals surface area contributed by atoms with Crippen molar-refractivity contribution in [2.75, 3.05) is 6.61 Å². The number of nitrogens with zero attached hydrogens (tertiary/aromatic N) is 3. The van der Waals surface area contributed by atoms with E-state index in [1.54, 1.807) is 10.6 Å². The van der Waals surface area contributed by atoms with E-state index in [0.717, 1.165) is 18.2 Å². The smallest absolute Gasteiger partial charge is 0.233 e. The summed E-state index contributed by atoms with van der Waals surface area (Å²) in [6, 6.07) is 8.10. The van der Waals surface area contributed by atoms with Crippen LogP contribution in [0.1, 0.15) is 11.1 Å². The van der Waals surface area contributed by atoms with Crippen molar-refractivity contribution >= 4 is 42.3 Å². The van der Waals surface area contributed by atoms with Gasteiger partial charge in [-0.25, -0.2) is 13.8 Å². The van der Waals surface area contributed by atoms with Gasteiger partial charge in [0.2, 0.25) is 5.88 Å². The lowest BCUT2D eigenvalue weighted by molar-refractivity contribution is 0.0904. The van der Waals surface area contributed by atoms with Crippen LogP contribution in [0.5, 0.6) is 5.88 Å². The second kappa shape index (κ2) is 9.53. The van der Waals surface area contributed by atoms with E-state index in [1.807, 2.05) is 6.07 Å². The van der Waals surface area contributed by atoms with Crippen molar-refractivity contribution in [1.82, 2.24) is 9.55 Å². The summed E-state index contributed by atoms with van der Waals surface area (Å²) >= 11 is 12.7. The number of hydrogen-bond acceptors (Lipinski definition) is 4. The molecule has 0 bridgehead atoms. The fraction of sp³-hybridized carbons (Fsp3) is 0.333. The van der Waals surface area contributed by atoms with Crippen LogP contribution in [-0.4, -0.2) is 24.2 Å². The molecule has 0 N–H and O–H groups in total. The molecule has 3 aromatic rings. The molecule has 2 aromatic heterocycles. The number of rotatable bonds is 8. The summed E-state index contributed by atoms with van der Waals surface area (Å²) in [6.45, 7) is 7.05. The summed E-state index contributed by atoms with van der Waals surface area (Å²) in [6.07, 6.45) is 0. The lowest BCUT2D eigenvalue weighted by Crippen LogP contribution is -2.22. The van der Waals surface area contributed by atoms with Crippen LogP contribution < -0.4 is 4.74 Å². The van der Waals surface area contributed by atoms with Gasteiger partial charge in [0.1, 0.15) is 52.3 Å². The Morgan fingerprint density at radius 1 is 1.19 bits per heavy atom. The standard InChI is InChI=1S/C21H21Cl2F2N3O2Si/c1-31(2,3)8-7-29-12-28-18-9-15(22)21(27-19(18)13(10-26)20(28)23)30-11-14-16(24)5-4-6-17(14)25/h4-6,9H,7-8,11-12H2,1-3H3. The molecule has 0 aliphatic carbocycles. The third-order valence-electron chi connectivity index (χ3n) is 4.64. The second-order valence-electron chi connectivity index (χ2n) is 8.19. The van der Waals surface area contributed by atoms with E-state index >= 15 is 0 Å². The summed E-state index contributed by atoms with van der Waals surface area (Å²) in [7, 11) is -1.25. The minimum atomic E-state index is -1.25. The molecule has 0 radical (unpaired) electrons. The molecule has 3 rings (SSSR count). The Labute approximate surface area is 190 Å². The molecule has 2 heterocycles. The first-order chi connectivity index (χ1) is 14.6. The molecule has 164 valence electrons. The molecular weight excluding hydrogens is 463 g/mol. The Balaban J connectivity index is 1.88. The summed E-state index contributed by atoms with van der Waals surface area (Å²) in [5.74, 6) is -1.53. The Kier molecular flexibility index (Phi) is 7.22. The SMILES string of the molecule is C[Si](C)(C)CCOCn1c(Cl)c(C#N)c2nc(OCc3c(F)cccc3F)c(Cl)cc21. The van der Waals surface area contributed by atoms with Gasteiger partial charge in [-0.3, -0.25) is 0 Å². The number of ether oxygens (including phenoxy) is 2. The van der Waals surface area contributed by atoms with Crippen molar-refractivity contribution in [3.63, 3.8) is 0 Å². The Bertz CT molecular complexity index is 1140. The van der Waals surface area contributed by atoms with Crippen LogP contribution in [0.3, 0.4) is 0 Å². The van der Waals surface area contributed by atoms with Crippen LogP contribution in [0, 0.1) is 23.0 Å². The third kappa shape index (κ3) is 5.36. The van der Waals surface area contributed by atoms with Crippen molar-refractivity contribution in [2.24, 2.45) is 0 Å². The molecule has 0 atom stereocenters. The number of aromatic nitrogens is 2. The third-order valence-corrected chi connectivity index (χ3v) is 7.01. The maximum absolute atomic E-state index is 13.9. The molecule has 0 saturated carbocycles. The summed E-state index contributed by atoms with van der Waals surface area (Å²) in [5.41, 5.74) is 0.676. The molecular formula is C21H21Cl2F2N3O2Si. The zero-order chi connectivity index (χ0) is 22.8. The molecule has 0 aliphatic heterocycles. The molecule has 0 amide bonds. The van der Waals surface area contributed by atoms with Gasteiger partial charge in [0.25, 0.3) is 0 Å². The van der Waals surface area contributed by atoms with Gasteiger partial charge in [-0.1, -0.05) is 48.9 Å². The average molecular weight is 484 g/mol. The first-order valence-electron chi connectivity index (χ1n) is 9.54. The molecule has 31 heavy (non-hydrogen) atoms. The summed E-state index contributed by atoms with van der Waals surface area (Å²) in [5, 5.41) is 9.84. The molecule has 0 fully saturated rings. The lowest BCUT2D eigenvalue weighted by atomic mass is 10.2. The molecule has 5 nitrogen and oxygen atoms in total. The Hall–Kier alpha value is -2.18. The lowest BCUT2D eigenvalue weighted by Gasteiger charge is -2.16. The fourth-order valence-corrected chi connectivity index (χ4v) is 4.09.